The van der Waals surface area contributed by atoms with Crippen LogP contribution in [-0.2, 0) is 0 Å². The lowest BCUT2D eigenvalue weighted by molar-refractivity contribution is 0.451. The maximum absolute atomic E-state index is 3.68. The summed E-state index contributed by atoms with van der Waals surface area (Å²) in [5.41, 5.74) is 3.23. The summed E-state index contributed by atoms with van der Waals surface area (Å²) >= 11 is 2.09. The average molecular weight is 205 g/mol. The van der Waals surface area contributed by atoms with Crippen molar-refractivity contribution in [2.24, 2.45) is 0 Å². The van der Waals surface area contributed by atoms with Gasteiger partial charge in [0.1, 0.15) is 0 Å². The molecule has 1 fully saturated rings. The van der Waals surface area contributed by atoms with E-state index in [1.165, 1.54) is 29.2 Å². The summed E-state index contributed by atoms with van der Waals surface area (Å²) in [5, 5.41) is 3.68. The number of rotatable bonds is 0. The predicted octanol–water partition coefficient (Wildman–Crippen LogP) is 3.09. The highest BCUT2D eigenvalue weighted by molar-refractivity contribution is 7.99. The fourth-order valence-corrected chi connectivity index (χ4v) is 4.01. The minimum absolute atomic E-state index is 0.335. The van der Waals surface area contributed by atoms with Gasteiger partial charge < -0.3 is 5.32 Å². The fraction of sp³-hybridized carbons (Fsp3) is 0.500. The molecule has 1 N–H and O–H groups in total. The maximum Gasteiger partial charge on any atom is 0.0442 e. The molecule has 2 heteroatoms. The van der Waals surface area contributed by atoms with Gasteiger partial charge in [0.2, 0.25) is 0 Å². The second-order valence-electron chi connectivity index (χ2n) is 4.69. The summed E-state index contributed by atoms with van der Waals surface area (Å²) in [6, 6.07) is 8.78. The topological polar surface area (TPSA) is 12.0 Å². The van der Waals surface area contributed by atoms with Crippen LogP contribution in [0.1, 0.15) is 24.8 Å². The quantitative estimate of drug-likeness (QED) is 0.698. The zero-order valence-corrected chi connectivity index (χ0v) is 9.23. The third kappa shape index (κ3) is 1.24. The highest BCUT2D eigenvalue weighted by Gasteiger charge is 2.38. The van der Waals surface area contributed by atoms with E-state index in [1.807, 2.05) is 0 Å². The van der Waals surface area contributed by atoms with E-state index in [-0.39, 0.29) is 0 Å². The molecule has 0 amide bonds. The molecule has 1 aromatic rings. The van der Waals surface area contributed by atoms with Crippen LogP contribution in [0.3, 0.4) is 0 Å². The van der Waals surface area contributed by atoms with E-state index in [9.17, 15) is 0 Å². The van der Waals surface area contributed by atoms with Crippen LogP contribution in [0.5, 0.6) is 0 Å². The molecule has 2 aliphatic rings. The van der Waals surface area contributed by atoms with Crippen LogP contribution in [0.2, 0.25) is 0 Å². The summed E-state index contributed by atoms with van der Waals surface area (Å²) in [6.45, 7) is 2.35. The summed E-state index contributed by atoms with van der Waals surface area (Å²) in [7, 11) is 0. The van der Waals surface area contributed by atoms with Crippen molar-refractivity contribution in [2.45, 2.75) is 24.8 Å². The molecule has 1 aromatic carbocycles. The minimum atomic E-state index is 0.335. The van der Waals surface area contributed by atoms with Crippen molar-refractivity contribution in [1.29, 1.82) is 0 Å². The van der Waals surface area contributed by atoms with Gasteiger partial charge in [-0.05, 0) is 30.9 Å². The lowest BCUT2D eigenvalue weighted by atomic mass is 9.81. The molecule has 0 aliphatic carbocycles. The monoisotopic (exact) mass is 205 g/mol. The third-order valence-electron chi connectivity index (χ3n) is 3.27. The van der Waals surface area contributed by atoms with Crippen molar-refractivity contribution >= 4 is 17.4 Å². The Bertz CT molecular complexity index is 363. The van der Waals surface area contributed by atoms with Gasteiger partial charge in [-0.2, -0.15) is 11.8 Å². The molecule has 2 atom stereocenters. The second-order valence-corrected chi connectivity index (χ2v) is 5.72. The molecule has 74 valence electrons. The molecule has 2 heterocycles. The lowest BCUT2D eigenvalue weighted by Gasteiger charge is -2.44. The van der Waals surface area contributed by atoms with Crippen LogP contribution in [0.25, 0.3) is 0 Å². The van der Waals surface area contributed by atoms with Crippen LogP contribution in [-0.4, -0.2) is 17.0 Å². The summed E-state index contributed by atoms with van der Waals surface area (Å²) in [5.74, 6) is 3.32. The number of hydrogen-bond donors (Lipinski definition) is 1. The number of para-hydroxylation sites is 1. The van der Waals surface area contributed by atoms with Crippen molar-refractivity contribution in [1.82, 2.24) is 0 Å². The van der Waals surface area contributed by atoms with Gasteiger partial charge >= 0.3 is 0 Å². The SMILES string of the molecule is CC12CSCC(C1)c1ccccc1N2. The molecule has 3 rings (SSSR count). The van der Waals surface area contributed by atoms with Crippen molar-refractivity contribution in [2.75, 3.05) is 16.8 Å². The van der Waals surface area contributed by atoms with Crippen LogP contribution in [0.4, 0.5) is 5.69 Å². The van der Waals surface area contributed by atoms with Gasteiger partial charge in [0.05, 0.1) is 0 Å². The Morgan fingerprint density at radius 2 is 2.29 bits per heavy atom. The minimum Gasteiger partial charge on any atom is -0.379 e. The largest absolute Gasteiger partial charge is 0.379 e. The zero-order chi connectivity index (χ0) is 9.60. The Balaban J connectivity index is 2.08. The van der Waals surface area contributed by atoms with E-state index in [0.29, 0.717) is 5.54 Å². The smallest absolute Gasteiger partial charge is 0.0442 e. The lowest BCUT2D eigenvalue weighted by Crippen LogP contribution is -2.45. The molecule has 1 nitrogen and oxygen atoms in total. The number of benzene rings is 1. The maximum atomic E-state index is 3.68. The fourth-order valence-electron chi connectivity index (χ4n) is 2.67. The van der Waals surface area contributed by atoms with Crippen molar-refractivity contribution < 1.29 is 0 Å². The van der Waals surface area contributed by atoms with E-state index in [0.717, 1.165) is 5.92 Å². The zero-order valence-electron chi connectivity index (χ0n) is 8.42. The average Bonchev–Trinajstić information content (AvgIpc) is 2.17. The molecule has 0 spiro atoms. The number of hydrogen-bond acceptors (Lipinski definition) is 2. The van der Waals surface area contributed by atoms with E-state index >= 15 is 0 Å². The summed E-state index contributed by atoms with van der Waals surface area (Å²) in [4.78, 5) is 0. The summed E-state index contributed by atoms with van der Waals surface area (Å²) in [6.07, 6.45) is 1.30. The number of anilines is 1. The first-order valence-electron chi connectivity index (χ1n) is 5.22. The standard InChI is InChI=1S/C12H15NS/c1-12-6-9(7-14-8-12)10-4-2-3-5-11(10)13-12/h2-5,9,13H,6-8H2,1H3. The molecule has 2 unspecified atom stereocenters. The van der Waals surface area contributed by atoms with E-state index in [1.54, 1.807) is 0 Å². The van der Waals surface area contributed by atoms with Crippen LogP contribution in [0.15, 0.2) is 24.3 Å². The van der Waals surface area contributed by atoms with Gasteiger partial charge in [0, 0.05) is 22.7 Å². The van der Waals surface area contributed by atoms with Gasteiger partial charge in [-0.3, -0.25) is 0 Å². The van der Waals surface area contributed by atoms with Crippen LogP contribution >= 0.6 is 11.8 Å². The first kappa shape index (κ1) is 8.66. The van der Waals surface area contributed by atoms with Crippen molar-refractivity contribution in [3.63, 3.8) is 0 Å². The van der Waals surface area contributed by atoms with Gasteiger partial charge in [-0.1, -0.05) is 18.2 Å². The van der Waals surface area contributed by atoms with Gasteiger partial charge in [-0.25, -0.2) is 0 Å². The van der Waals surface area contributed by atoms with Crippen LogP contribution in [0, 0.1) is 0 Å². The van der Waals surface area contributed by atoms with E-state index in [2.05, 4.69) is 48.3 Å². The molecule has 2 aliphatic heterocycles. The van der Waals surface area contributed by atoms with E-state index < -0.39 is 0 Å². The highest BCUT2D eigenvalue weighted by atomic mass is 32.2. The Morgan fingerprint density at radius 3 is 3.21 bits per heavy atom. The molecule has 0 saturated carbocycles. The molecular formula is C12H15NS. The molecular weight excluding hydrogens is 190 g/mol. The molecule has 0 aromatic heterocycles. The molecule has 2 bridgehead atoms. The third-order valence-corrected chi connectivity index (χ3v) is 4.75. The molecule has 0 radical (unpaired) electrons. The number of thioether (sulfide) groups is 1. The number of fused-ring (bicyclic) bond motifs is 4. The van der Waals surface area contributed by atoms with Gasteiger partial charge in [-0.15, -0.1) is 0 Å². The normalized spacial score (nSPS) is 34.5. The van der Waals surface area contributed by atoms with Crippen molar-refractivity contribution in [3.05, 3.63) is 29.8 Å². The first-order chi connectivity index (χ1) is 6.77. The van der Waals surface area contributed by atoms with Gasteiger partial charge in [0.15, 0.2) is 0 Å². The Hall–Kier alpha value is -0.630. The molecule has 14 heavy (non-hydrogen) atoms. The van der Waals surface area contributed by atoms with Crippen LogP contribution < -0.4 is 5.32 Å². The summed E-state index contributed by atoms with van der Waals surface area (Å²) < 4.78 is 0. The highest BCUT2D eigenvalue weighted by Crippen LogP contribution is 2.45. The first-order valence-corrected chi connectivity index (χ1v) is 6.37. The van der Waals surface area contributed by atoms with E-state index in [4.69, 9.17) is 0 Å². The van der Waals surface area contributed by atoms with Gasteiger partial charge in [0.25, 0.3) is 0 Å². The Morgan fingerprint density at radius 1 is 1.43 bits per heavy atom. The predicted molar refractivity (Wildman–Crippen MR) is 63.2 cm³/mol. The Kier molecular flexibility index (Phi) is 1.81. The Labute approximate surface area is 89.3 Å². The van der Waals surface area contributed by atoms with Crippen molar-refractivity contribution in [3.8, 4) is 0 Å². The molecule has 1 saturated heterocycles. The second kappa shape index (κ2) is 2.93. The number of nitrogens with one attached hydrogen (secondary N) is 1.